The van der Waals surface area contributed by atoms with E-state index in [0.717, 1.165) is 11.1 Å². The van der Waals surface area contributed by atoms with Gasteiger partial charge in [0.25, 0.3) is 0 Å². The summed E-state index contributed by atoms with van der Waals surface area (Å²) in [6.07, 6.45) is -12.8. The third-order valence-electron chi connectivity index (χ3n) is 11.9. The molecule has 16 heteroatoms. The van der Waals surface area contributed by atoms with Gasteiger partial charge < -0.3 is 56.8 Å². The summed E-state index contributed by atoms with van der Waals surface area (Å²) in [7, 11) is 2.78. The fraction of sp³-hybridized carbons (Fsp3) is 0.298. The lowest BCUT2D eigenvalue weighted by atomic mass is 9.96. The molecule has 16 nitrogen and oxygen atoms in total. The topological polar surface area (TPSA) is 179 Å². The van der Waals surface area contributed by atoms with Crippen LogP contribution in [0.1, 0.15) is 52.6 Å². The molecule has 380 valence electrons. The van der Waals surface area contributed by atoms with Gasteiger partial charge in [0.05, 0.1) is 42.1 Å². The third-order valence-corrected chi connectivity index (χ3v) is 11.9. The Morgan fingerprint density at radius 2 is 0.781 bits per heavy atom. The predicted octanol–water partition coefficient (Wildman–Crippen LogP) is 7.79. The van der Waals surface area contributed by atoms with Crippen LogP contribution in [0.5, 0.6) is 0 Å². The van der Waals surface area contributed by atoms with Gasteiger partial charge in [0.2, 0.25) is 0 Å². The van der Waals surface area contributed by atoms with Gasteiger partial charge in [-0.25, -0.2) is 19.2 Å². The number of hydrogen-bond acceptors (Lipinski definition) is 16. The molecule has 6 aromatic rings. The van der Waals surface area contributed by atoms with Crippen molar-refractivity contribution in [2.45, 2.75) is 74.6 Å². The maximum Gasteiger partial charge on any atom is 0.338 e. The lowest BCUT2D eigenvalue weighted by Crippen LogP contribution is -2.64. The van der Waals surface area contributed by atoms with Crippen molar-refractivity contribution in [2.24, 2.45) is 0 Å². The van der Waals surface area contributed by atoms with Crippen LogP contribution in [0.25, 0.3) is 0 Å². The van der Waals surface area contributed by atoms with Gasteiger partial charge in [-0.05, 0) is 59.7 Å². The molecule has 10 atom stereocenters. The Morgan fingerprint density at radius 3 is 1.25 bits per heavy atom. The van der Waals surface area contributed by atoms with Gasteiger partial charge in [0, 0.05) is 14.2 Å². The summed E-state index contributed by atoms with van der Waals surface area (Å²) in [5.41, 5.74) is 2.53. The highest BCUT2D eigenvalue weighted by Crippen LogP contribution is 2.35. The van der Waals surface area contributed by atoms with Crippen molar-refractivity contribution < 1.29 is 76.0 Å². The minimum atomic E-state index is -1.56. The fourth-order valence-electron chi connectivity index (χ4n) is 8.30. The van der Waals surface area contributed by atoms with E-state index in [1.807, 2.05) is 60.7 Å². The van der Waals surface area contributed by atoms with Crippen molar-refractivity contribution in [3.63, 3.8) is 0 Å². The van der Waals surface area contributed by atoms with Crippen LogP contribution in [0.2, 0.25) is 0 Å². The fourth-order valence-corrected chi connectivity index (χ4v) is 8.30. The number of esters is 4. The zero-order chi connectivity index (χ0) is 50.8. The Morgan fingerprint density at radius 1 is 0.384 bits per heavy atom. The van der Waals surface area contributed by atoms with Crippen molar-refractivity contribution >= 4 is 23.9 Å². The summed E-state index contributed by atoms with van der Waals surface area (Å²) >= 11 is 0. The van der Waals surface area contributed by atoms with Crippen LogP contribution in [0.3, 0.4) is 0 Å². The zero-order valence-corrected chi connectivity index (χ0v) is 40.2. The van der Waals surface area contributed by atoms with Gasteiger partial charge in [-0.1, -0.05) is 133 Å². The van der Waals surface area contributed by atoms with E-state index in [0.29, 0.717) is 5.56 Å². The van der Waals surface area contributed by atoms with E-state index >= 15 is 0 Å². The number of benzene rings is 6. The van der Waals surface area contributed by atoms with Crippen molar-refractivity contribution in [3.05, 3.63) is 215 Å². The van der Waals surface area contributed by atoms with Crippen molar-refractivity contribution in [1.29, 1.82) is 0 Å². The molecular weight excluding hydrogens is 941 g/mol. The smallest absolute Gasteiger partial charge is 0.338 e. The number of carbonyl (C=O) groups excluding carboxylic acids is 4. The van der Waals surface area contributed by atoms with E-state index in [4.69, 9.17) is 56.8 Å². The summed E-state index contributed by atoms with van der Waals surface area (Å²) < 4.78 is 75.4. The largest absolute Gasteiger partial charge is 0.459 e. The van der Waals surface area contributed by atoms with Gasteiger partial charge in [-0.2, -0.15) is 0 Å². The van der Waals surface area contributed by atoms with E-state index in [2.05, 4.69) is 0 Å². The monoisotopic (exact) mass is 996 g/mol. The number of rotatable bonds is 22. The maximum atomic E-state index is 14.1. The Balaban J connectivity index is 1.15. The summed E-state index contributed by atoms with van der Waals surface area (Å²) in [5.74, 6) is -3.03. The molecule has 6 aromatic carbocycles. The number of hydrogen-bond donors (Lipinski definition) is 0. The molecule has 8 rings (SSSR count). The Bertz CT molecular complexity index is 2630. The summed E-state index contributed by atoms with van der Waals surface area (Å²) in [5, 5.41) is 0. The zero-order valence-electron chi connectivity index (χ0n) is 40.2. The molecular formula is C57H56O16. The number of carbonyl (C=O) groups is 4. The molecule has 0 bridgehead atoms. The SMILES string of the molecule is COCO[C@H]1[C@@H](OC[C@H]2O[C@H](OC)[C@H](OC(=O)c3ccccc3)[C@@H](OC(=O)c3ccccc3)[C@@H]2OC(=O)c2ccccc2)O[C@H](COC(=O)c2ccccc2)[C@@H](OCc2ccccc2)[C@@H]1OCc1ccccc1. The van der Waals surface area contributed by atoms with E-state index < -0.39 is 91.9 Å². The maximum absolute atomic E-state index is 14.1. The highest BCUT2D eigenvalue weighted by atomic mass is 16.8. The minimum absolute atomic E-state index is 0.100. The lowest BCUT2D eigenvalue weighted by Gasteiger charge is -2.47. The molecule has 2 aliphatic rings. The molecule has 0 saturated carbocycles. The Labute approximate surface area is 422 Å². The van der Waals surface area contributed by atoms with E-state index in [9.17, 15) is 19.2 Å². The van der Waals surface area contributed by atoms with Crippen LogP contribution in [-0.4, -0.2) is 120 Å². The molecule has 2 fully saturated rings. The number of ether oxygens (including phenoxy) is 12. The second-order valence-electron chi connectivity index (χ2n) is 16.9. The summed E-state index contributed by atoms with van der Waals surface area (Å²) in [6.45, 7) is -0.797. The first-order valence-electron chi connectivity index (χ1n) is 23.7. The third kappa shape index (κ3) is 14.1. The molecule has 0 radical (unpaired) electrons. The van der Waals surface area contributed by atoms with Gasteiger partial charge in [-0.3, -0.25) is 0 Å². The Hall–Kier alpha value is -7.12. The van der Waals surface area contributed by atoms with Gasteiger partial charge in [0.15, 0.2) is 30.9 Å². The van der Waals surface area contributed by atoms with Crippen molar-refractivity contribution in [3.8, 4) is 0 Å². The second kappa shape index (κ2) is 26.5. The number of methoxy groups -OCH3 is 2. The molecule has 2 heterocycles. The summed E-state index contributed by atoms with van der Waals surface area (Å²) in [4.78, 5) is 55.4. The van der Waals surface area contributed by atoms with Crippen LogP contribution in [0, 0.1) is 0 Å². The average Bonchev–Trinajstić information content (AvgIpc) is 3.44. The lowest BCUT2D eigenvalue weighted by molar-refractivity contribution is -0.346. The van der Waals surface area contributed by atoms with Crippen molar-refractivity contribution in [1.82, 2.24) is 0 Å². The van der Waals surface area contributed by atoms with Gasteiger partial charge in [0.1, 0.15) is 43.9 Å². The first kappa shape index (κ1) is 52.2. The van der Waals surface area contributed by atoms with Crippen LogP contribution in [0.4, 0.5) is 0 Å². The van der Waals surface area contributed by atoms with Crippen LogP contribution < -0.4 is 0 Å². The Kier molecular flexibility index (Phi) is 19.0. The second-order valence-corrected chi connectivity index (χ2v) is 16.9. The molecule has 2 saturated heterocycles. The molecule has 2 aliphatic heterocycles. The first-order chi connectivity index (χ1) is 35.8. The van der Waals surface area contributed by atoms with Crippen molar-refractivity contribution in [2.75, 3.05) is 34.2 Å². The van der Waals surface area contributed by atoms with E-state index in [1.54, 1.807) is 121 Å². The molecule has 0 N–H and O–H groups in total. The van der Waals surface area contributed by atoms with Gasteiger partial charge >= 0.3 is 23.9 Å². The molecule has 0 amide bonds. The van der Waals surface area contributed by atoms with Crippen LogP contribution in [-0.2, 0) is 70.1 Å². The molecule has 0 aromatic heterocycles. The highest BCUT2D eigenvalue weighted by molar-refractivity contribution is 5.91. The molecule has 0 unspecified atom stereocenters. The van der Waals surface area contributed by atoms with E-state index in [1.165, 1.54) is 14.2 Å². The quantitative estimate of drug-likeness (QED) is 0.0365. The first-order valence-corrected chi connectivity index (χ1v) is 23.7. The standard InChI is InChI=1S/C57H56O16/c1-62-37-68-50-48(65-34-39-23-11-4-12-24-39)46(64-33-38-21-9-3-10-22-38)44(35-66-52(58)40-25-13-5-14-26-40)70-57(50)67-36-45-47(71-53(59)41-27-15-6-16-28-41)49(72-54(60)42-29-17-7-18-30-42)51(56(63-2)69-45)73-55(61)43-31-19-8-20-32-43/h3-32,44-51,56-57H,33-37H2,1-2H3/t44-,45-,46-,47-,48+,49+,50-,51-,56+,57+/m1/s1. The summed E-state index contributed by atoms with van der Waals surface area (Å²) in [6, 6.07) is 52.0. The van der Waals surface area contributed by atoms with Crippen LogP contribution >= 0.6 is 0 Å². The molecule has 0 spiro atoms. The minimum Gasteiger partial charge on any atom is -0.459 e. The van der Waals surface area contributed by atoms with E-state index in [-0.39, 0.29) is 43.3 Å². The highest BCUT2D eigenvalue weighted by Gasteiger charge is 2.55. The normalized spacial score (nSPS) is 23.6. The van der Waals surface area contributed by atoms with Gasteiger partial charge in [-0.15, -0.1) is 0 Å². The predicted molar refractivity (Wildman–Crippen MR) is 261 cm³/mol. The average molecular weight is 997 g/mol. The molecule has 0 aliphatic carbocycles. The molecule has 73 heavy (non-hydrogen) atoms. The van der Waals surface area contributed by atoms with Crippen LogP contribution in [0.15, 0.2) is 182 Å².